The van der Waals surface area contributed by atoms with E-state index in [-0.39, 0.29) is 18.0 Å². The summed E-state index contributed by atoms with van der Waals surface area (Å²) in [4.78, 5) is 12.5. The molecule has 2 saturated heterocycles. The summed E-state index contributed by atoms with van der Waals surface area (Å²) in [5, 5.41) is 24.2. The molecule has 2 fully saturated rings. The van der Waals surface area contributed by atoms with Crippen LogP contribution in [0.1, 0.15) is 12.8 Å². The van der Waals surface area contributed by atoms with E-state index < -0.39 is 6.04 Å². The highest BCUT2D eigenvalue weighted by Crippen LogP contribution is 2.26. The number of nitrogens with zero attached hydrogens (tertiary/aromatic N) is 2. The standard InChI is InChI=1S/C23H26N4O2/c1-15(5-7-17(3)18(4)8-6-16(2)11-24)9-20(12-25)26-23(28)21-10-19-13-29-14-22(19)27-21/h5-8,19-22,27H,1-4,9-10,13-14H2,(H,26,28)/b7-5-,8-6-/t19-,20-,21-,22+/m0/s1. The van der Waals surface area contributed by atoms with Crippen LogP contribution < -0.4 is 10.6 Å². The van der Waals surface area contributed by atoms with E-state index in [4.69, 9.17) is 10.00 Å². The summed E-state index contributed by atoms with van der Waals surface area (Å²) >= 11 is 0. The molecule has 2 aliphatic heterocycles. The van der Waals surface area contributed by atoms with Crippen molar-refractivity contribution in [2.45, 2.75) is 31.0 Å². The zero-order valence-electron chi connectivity index (χ0n) is 16.5. The minimum absolute atomic E-state index is 0.164. The monoisotopic (exact) mass is 390 g/mol. The van der Waals surface area contributed by atoms with E-state index in [1.54, 1.807) is 24.3 Å². The van der Waals surface area contributed by atoms with Gasteiger partial charge in [-0.3, -0.25) is 4.79 Å². The van der Waals surface area contributed by atoms with Crippen molar-refractivity contribution >= 4 is 5.91 Å². The highest BCUT2D eigenvalue weighted by Gasteiger charge is 2.40. The molecule has 2 heterocycles. The molecule has 0 aromatic rings. The number of amides is 1. The summed E-state index contributed by atoms with van der Waals surface area (Å²) in [6.45, 7) is 16.6. The second-order valence-electron chi connectivity index (χ2n) is 7.27. The fourth-order valence-corrected chi connectivity index (χ4v) is 3.23. The number of fused-ring (bicyclic) bond motifs is 1. The predicted molar refractivity (Wildman–Crippen MR) is 112 cm³/mol. The van der Waals surface area contributed by atoms with E-state index in [2.05, 4.69) is 43.0 Å². The molecular weight excluding hydrogens is 364 g/mol. The van der Waals surface area contributed by atoms with E-state index >= 15 is 0 Å². The van der Waals surface area contributed by atoms with Crippen LogP contribution in [0.4, 0.5) is 0 Å². The minimum atomic E-state index is -0.659. The molecule has 29 heavy (non-hydrogen) atoms. The highest BCUT2D eigenvalue weighted by atomic mass is 16.5. The van der Waals surface area contributed by atoms with Gasteiger partial charge in [0.05, 0.1) is 31.4 Å². The molecular formula is C23H26N4O2. The van der Waals surface area contributed by atoms with Crippen molar-refractivity contribution in [1.82, 2.24) is 10.6 Å². The summed E-state index contributed by atoms with van der Waals surface area (Å²) in [6.07, 6.45) is 7.74. The number of carbonyl (C=O) groups is 1. The molecule has 0 spiro atoms. The largest absolute Gasteiger partial charge is 0.379 e. The number of rotatable bonds is 9. The Hall–Kier alpha value is -3.19. The molecule has 0 aliphatic carbocycles. The first kappa shape index (κ1) is 22.1. The van der Waals surface area contributed by atoms with Gasteiger partial charge in [-0.1, -0.05) is 50.1 Å². The fourth-order valence-electron chi connectivity index (χ4n) is 3.23. The maximum Gasteiger partial charge on any atom is 0.238 e. The molecule has 2 aliphatic rings. The van der Waals surface area contributed by atoms with Crippen molar-refractivity contribution in [3.8, 4) is 12.1 Å². The quantitative estimate of drug-likeness (QED) is 0.466. The molecule has 1 amide bonds. The molecule has 0 radical (unpaired) electrons. The van der Waals surface area contributed by atoms with Gasteiger partial charge >= 0.3 is 0 Å². The lowest BCUT2D eigenvalue weighted by Crippen LogP contribution is -2.46. The van der Waals surface area contributed by atoms with Crippen LogP contribution in [0.3, 0.4) is 0 Å². The second kappa shape index (κ2) is 10.4. The van der Waals surface area contributed by atoms with Gasteiger partial charge in [-0.2, -0.15) is 10.5 Å². The minimum Gasteiger partial charge on any atom is -0.379 e. The molecule has 4 atom stereocenters. The lowest BCUT2D eigenvalue weighted by Gasteiger charge is -2.17. The first-order chi connectivity index (χ1) is 13.8. The second-order valence-corrected chi connectivity index (χ2v) is 7.27. The van der Waals surface area contributed by atoms with Crippen LogP contribution in [-0.4, -0.2) is 37.2 Å². The average Bonchev–Trinajstić information content (AvgIpc) is 3.31. The van der Waals surface area contributed by atoms with Crippen molar-refractivity contribution in [1.29, 1.82) is 10.5 Å². The Bertz CT molecular complexity index is 841. The first-order valence-corrected chi connectivity index (χ1v) is 9.39. The lowest BCUT2D eigenvalue weighted by atomic mass is 10.0. The van der Waals surface area contributed by atoms with Crippen LogP contribution >= 0.6 is 0 Å². The number of nitrogens with one attached hydrogen (secondary N) is 2. The average molecular weight is 390 g/mol. The van der Waals surface area contributed by atoms with Crippen molar-refractivity contribution in [3.05, 3.63) is 72.9 Å². The summed E-state index contributed by atoms with van der Waals surface area (Å²) in [5.41, 5.74) is 2.29. The van der Waals surface area contributed by atoms with Gasteiger partial charge in [0.1, 0.15) is 6.04 Å². The van der Waals surface area contributed by atoms with Gasteiger partial charge in [-0.25, -0.2) is 0 Å². The lowest BCUT2D eigenvalue weighted by molar-refractivity contribution is -0.123. The van der Waals surface area contributed by atoms with Crippen LogP contribution in [-0.2, 0) is 9.53 Å². The van der Waals surface area contributed by atoms with Crippen LogP contribution in [0.5, 0.6) is 0 Å². The summed E-state index contributed by atoms with van der Waals surface area (Å²) in [6, 6.07) is 3.32. The summed E-state index contributed by atoms with van der Waals surface area (Å²) in [5.74, 6) is 0.200. The third kappa shape index (κ3) is 6.43. The molecule has 0 unspecified atom stereocenters. The molecule has 6 heteroatoms. The number of hydrogen-bond donors (Lipinski definition) is 2. The Kier molecular flexibility index (Phi) is 7.91. The van der Waals surface area contributed by atoms with Gasteiger partial charge in [0.2, 0.25) is 5.91 Å². The van der Waals surface area contributed by atoms with Gasteiger partial charge in [0.15, 0.2) is 0 Å². The summed E-state index contributed by atoms with van der Waals surface area (Å²) in [7, 11) is 0. The Morgan fingerprint density at radius 1 is 1.14 bits per heavy atom. The Morgan fingerprint density at radius 3 is 2.45 bits per heavy atom. The number of allylic oxidation sites excluding steroid dienone is 7. The van der Waals surface area contributed by atoms with Crippen molar-refractivity contribution in [3.63, 3.8) is 0 Å². The molecule has 2 rings (SSSR count). The van der Waals surface area contributed by atoms with Crippen molar-refractivity contribution < 1.29 is 9.53 Å². The van der Waals surface area contributed by atoms with Gasteiger partial charge in [-0.15, -0.1) is 0 Å². The molecule has 150 valence electrons. The fraction of sp³-hybridized carbons (Fsp3) is 0.348. The number of hydrogen-bond acceptors (Lipinski definition) is 5. The Labute approximate surface area is 172 Å². The topological polar surface area (TPSA) is 97.9 Å². The van der Waals surface area contributed by atoms with Crippen LogP contribution in [0.25, 0.3) is 0 Å². The number of ether oxygens (including phenoxy) is 1. The molecule has 6 nitrogen and oxygen atoms in total. The van der Waals surface area contributed by atoms with Gasteiger partial charge in [-0.05, 0) is 23.6 Å². The molecule has 0 bridgehead atoms. The van der Waals surface area contributed by atoms with Gasteiger partial charge in [0.25, 0.3) is 0 Å². The molecule has 0 saturated carbocycles. The molecule has 0 aromatic carbocycles. The summed E-state index contributed by atoms with van der Waals surface area (Å²) < 4.78 is 5.39. The zero-order chi connectivity index (χ0) is 21.4. The SMILES string of the molecule is C=C(C#N)/C=C\C(=C)C(=C)/C=C\C(=C)C[C@@H](C#N)NC(=O)[C@@H]1C[C@H]2COC[C@H]2N1. The maximum atomic E-state index is 12.5. The van der Waals surface area contributed by atoms with Gasteiger partial charge < -0.3 is 15.4 Å². The smallest absolute Gasteiger partial charge is 0.238 e. The number of carbonyl (C=O) groups excluding carboxylic acids is 1. The predicted octanol–water partition coefficient (Wildman–Crippen LogP) is 2.62. The maximum absolute atomic E-state index is 12.5. The first-order valence-electron chi connectivity index (χ1n) is 9.39. The molecule has 0 aromatic heterocycles. The van der Waals surface area contributed by atoms with Crippen LogP contribution in [0.2, 0.25) is 0 Å². The Balaban J connectivity index is 1.81. The third-order valence-electron chi connectivity index (χ3n) is 4.97. The van der Waals surface area contributed by atoms with Crippen LogP contribution in [0.15, 0.2) is 72.9 Å². The zero-order valence-corrected chi connectivity index (χ0v) is 16.5. The van der Waals surface area contributed by atoms with E-state index in [1.807, 2.05) is 6.07 Å². The van der Waals surface area contributed by atoms with E-state index in [0.29, 0.717) is 47.8 Å². The van der Waals surface area contributed by atoms with Crippen LogP contribution in [0, 0.1) is 28.6 Å². The normalized spacial score (nSPS) is 23.9. The Morgan fingerprint density at radius 2 is 1.83 bits per heavy atom. The number of nitriles is 2. The van der Waals surface area contributed by atoms with E-state index in [0.717, 1.165) is 6.42 Å². The van der Waals surface area contributed by atoms with E-state index in [9.17, 15) is 10.1 Å². The third-order valence-corrected chi connectivity index (χ3v) is 4.97. The molecule has 2 N–H and O–H groups in total. The van der Waals surface area contributed by atoms with Gasteiger partial charge in [0, 0.05) is 24.0 Å². The van der Waals surface area contributed by atoms with E-state index in [1.165, 1.54) is 0 Å². The van der Waals surface area contributed by atoms with Crippen molar-refractivity contribution in [2.75, 3.05) is 13.2 Å². The highest BCUT2D eigenvalue weighted by molar-refractivity contribution is 5.82. The van der Waals surface area contributed by atoms with Crippen molar-refractivity contribution in [2.24, 2.45) is 5.92 Å².